The van der Waals surface area contributed by atoms with E-state index in [0.29, 0.717) is 0 Å². The van der Waals surface area contributed by atoms with Gasteiger partial charge in [0.15, 0.2) is 69.4 Å². The van der Waals surface area contributed by atoms with E-state index in [1.54, 1.807) is 0 Å². The first-order valence-corrected chi connectivity index (χ1v) is 0. The topological polar surface area (TPSA) is 0 Å². The number of hydrogen-bond acceptors (Lipinski definition) is 0. The minimum atomic E-state index is 0. The van der Waals surface area contributed by atoms with E-state index in [2.05, 4.69) is 0 Å². The van der Waals surface area contributed by atoms with Crippen molar-refractivity contribution in [3.05, 3.63) is 0 Å². The van der Waals surface area contributed by atoms with Crippen molar-refractivity contribution in [2.75, 3.05) is 0 Å². The molecule has 0 heterocycles. The molecule has 30 valence electrons. The Labute approximate surface area is 89.3 Å². The van der Waals surface area contributed by atoms with Crippen LogP contribution in [0.4, 0.5) is 0 Å². The second kappa shape index (κ2) is 29.1. The van der Waals surface area contributed by atoms with Gasteiger partial charge in [0.05, 0.1) is 0 Å². The van der Waals surface area contributed by atoms with Crippen LogP contribution in [0, 0.1) is 0 Å². The maximum Gasteiger partial charge on any atom is 0.187 e. The Morgan fingerprint density at radius 3 is 0.400 bits per heavy atom. The largest absolute Gasteiger partial charge is 0.187 e. The molecule has 0 fully saturated rings. The second-order valence-corrected chi connectivity index (χ2v) is 0. The summed E-state index contributed by atoms with van der Waals surface area (Å²) in [5.74, 6) is 0. The molecule has 0 saturated heterocycles. The Kier molecular flexibility index (Phi) is 266. The maximum absolute atomic E-state index is 0. The molecule has 0 bridgehead atoms. The van der Waals surface area contributed by atoms with Gasteiger partial charge in [0.25, 0.3) is 0 Å². The average Bonchev–Trinajstić information content (AvgIpc) is 0. The molecule has 0 aromatic heterocycles. The van der Waals surface area contributed by atoms with Gasteiger partial charge in [-0.15, -0.1) is 0 Å². The predicted molar refractivity (Wildman–Crippen MR) is 39.8 cm³/mol. The third kappa shape index (κ3) is 19.9. The molecule has 0 atom stereocenters. The number of hydrogen-bond donors (Lipinski definition) is 0. The van der Waals surface area contributed by atoms with Crippen LogP contribution in [0.3, 0.4) is 0 Å². The monoisotopic (exact) mass is 218 g/mol. The van der Waals surface area contributed by atoms with Crippen LogP contribution in [-0.2, 0) is 21.1 Å². The van der Waals surface area contributed by atoms with Crippen molar-refractivity contribution in [2.45, 2.75) is 0 Å². The summed E-state index contributed by atoms with van der Waals surface area (Å²) in [5, 5.41) is 0. The summed E-state index contributed by atoms with van der Waals surface area (Å²) in [4.78, 5) is 0. The quantitative estimate of drug-likeness (QED) is 0.357. The molecule has 0 nitrogen and oxygen atoms in total. The Hall–Kier alpha value is 2.82. The van der Waals surface area contributed by atoms with Gasteiger partial charge in [0.2, 0.25) is 0 Å². The van der Waals surface area contributed by atoms with Crippen LogP contribution in [0.25, 0.3) is 0 Å². The van der Waals surface area contributed by atoms with Crippen LogP contribution in [-0.4, -0.2) is 69.4 Å². The minimum absolute atomic E-state index is 0. The Bertz CT molecular complexity index is 3.61. The van der Waals surface area contributed by atoms with Crippen LogP contribution in [0.5, 0.6) is 0 Å². The Morgan fingerprint density at radius 1 is 0.400 bits per heavy atom. The van der Waals surface area contributed by atoms with E-state index in [-0.39, 0.29) is 90.5 Å². The third-order valence-electron chi connectivity index (χ3n) is 0. The van der Waals surface area contributed by atoms with Gasteiger partial charge < -0.3 is 0 Å². The van der Waals surface area contributed by atoms with Crippen LogP contribution < -0.4 is 0 Å². The maximum atomic E-state index is 0. The molecule has 0 aliphatic rings. The van der Waals surface area contributed by atoms with Gasteiger partial charge in [-0.05, 0) is 0 Å². The van der Waals surface area contributed by atoms with Crippen LogP contribution in [0.1, 0.15) is 0 Å². The van der Waals surface area contributed by atoms with Crippen molar-refractivity contribution < 1.29 is 21.1 Å². The first-order valence-electron chi connectivity index (χ1n) is 0. The normalized spacial score (nSPS) is 0. The van der Waals surface area contributed by atoms with Crippen LogP contribution in [0.15, 0.2) is 0 Å². The van der Waals surface area contributed by atoms with E-state index < -0.39 is 0 Å². The first-order chi connectivity index (χ1) is 0. The summed E-state index contributed by atoms with van der Waals surface area (Å²) in [6.07, 6.45) is 0. The average molecular weight is 216 g/mol. The smallest absolute Gasteiger partial charge is 0 e. The summed E-state index contributed by atoms with van der Waals surface area (Å²) in [5.41, 5.74) is 0. The van der Waals surface area contributed by atoms with Gasteiger partial charge >= 0.3 is 0 Å². The molecule has 0 unspecified atom stereocenters. The van der Waals surface area contributed by atoms with Gasteiger partial charge in [-0.3, -0.25) is 0 Å². The molecule has 0 spiro atoms. The first kappa shape index (κ1) is 45.8. The molecule has 5 heteroatoms. The summed E-state index contributed by atoms with van der Waals surface area (Å²) in [6, 6.07) is 0. The van der Waals surface area contributed by atoms with Gasteiger partial charge in [-0.2, -0.15) is 0 Å². The Morgan fingerprint density at radius 2 is 0.400 bits per heavy atom. The second-order valence-electron chi connectivity index (χ2n) is 0. The molecule has 0 aliphatic carbocycles. The van der Waals surface area contributed by atoms with Crippen LogP contribution in [0.2, 0.25) is 0 Å². The molecule has 0 radical (unpaired) electrons. The van der Waals surface area contributed by atoms with E-state index in [9.17, 15) is 0 Å². The molecule has 0 N–H and O–H groups in total. The van der Waals surface area contributed by atoms with Crippen molar-refractivity contribution in [2.24, 2.45) is 0 Å². The van der Waals surface area contributed by atoms with E-state index >= 15 is 0 Å². The molecule has 0 aromatic rings. The van der Waals surface area contributed by atoms with Crippen molar-refractivity contribution in [3.8, 4) is 0 Å². The summed E-state index contributed by atoms with van der Waals surface area (Å²) in [7, 11) is 0. The SMILES string of the molecule is [AlH3].[AlH3].[AlH3].[AlH3].[Mo]. The summed E-state index contributed by atoms with van der Waals surface area (Å²) < 4.78 is 0. The molecule has 0 aliphatic heterocycles. The fourth-order valence-electron chi connectivity index (χ4n) is 0. The fourth-order valence-corrected chi connectivity index (χ4v) is 0. The van der Waals surface area contributed by atoms with Crippen molar-refractivity contribution in [1.82, 2.24) is 0 Å². The predicted octanol–water partition coefficient (Wildman–Crippen LogP) is -4.74. The molecular formula is H12Al4Mo. The minimum Gasteiger partial charge on any atom is 0 e. The zero-order valence-electron chi connectivity index (χ0n) is 0.408. The molecule has 5 heavy (non-hydrogen) atoms. The molecular weight excluding hydrogens is 204 g/mol. The van der Waals surface area contributed by atoms with Crippen molar-refractivity contribution in [1.29, 1.82) is 0 Å². The van der Waals surface area contributed by atoms with Crippen molar-refractivity contribution in [3.63, 3.8) is 0 Å². The van der Waals surface area contributed by atoms with Gasteiger partial charge in [-0.1, -0.05) is 0 Å². The van der Waals surface area contributed by atoms with E-state index in [0.717, 1.165) is 0 Å². The number of rotatable bonds is 0. The fraction of sp³-hybridized carbons (Fsp3) is 0. The zero-order valence-corrected chi connectivity index (χ0v) is 2.42. The molecule has 0 rings (SSSR count). The summed E-state index contributed by atoms with van der Waals surface area (Å²) >= 11 is 0. The zero-order chi connectivity index (χ0) is 0. The van der Waals surface area contributed by atoms with E-state index in [1.807, 2.05) is 0 Å². The van der Waals surface area contributed by atoms with Crippen LogP contribution >= 0.6 is 0 Å². The summed E-state index contributed by atoms with van der Waals surface area (Å²) in [6.45, 7) is 0. The van der Waals surface area contributed by atoms with E-state index in [1.165, 1.54) is 0 Å². The van der Waals surface area contributed by atoms with Gasteiger partial charge in [-0.25, -0.2) is 0 Å². The molecule has 0 amide bonds. The van der Waals surface area contributed by atoms with Gasteiger partial charge in [0, 0.05) is 21.1 Å². The van der Waals surface area contributed by atoms with Gasteiger partial charge in [0.1, 0.15) is 0 Å². The molecule has 0 saturated carbocycles. The molecule has 0 aromatic carbocycles. The van der Waals surface area contributed by atoms with E-state index in [4.69, 9.17) is 0 Å². The third-order valence-corrected chi connectivity index (χ3v) is 0. The standard InChI is InChI=1S/4Al.Mo.12H. The Balaban J connectivity index is 0. The van der Waals surface area contributed by atoms with Crippen molar-refractivity contribution >= 4 is 69.4 Å².